The molecule has 0 amide bonds. The minimum atomic E-state index is -5.67. The van der Waals surface area contributed by atoms with Crippen LogP contribution in [0.25, 0.3) is 0 Å². The van der Waals surface area contributed by atoms with Crippen molar-refractivity contribution in [3.8, 4) is 11.5 Å². The van der Waals surface area contributed by atoms with Crippen LogP contribution < -0.4 is 9.47 Å². The lowest BCUT2D eigenvalue weighted by molar-refractivity contribution is -0.137. The molecule has 0 fully saturated rings. The van der Waals surface area contributed by atoms with Gasteiger partial charge in [-0.25, -0.2) is 13.6 Å². The molecule has 0 aliphatic rings. The Labute approximate surface area is 180 Å². The average molecular weight is 562 g/mol. The van der Waals surface area contributed by atoms with Crippen LogP contribution in [-0.2, 0) is 14.9 Å². The smallest absolute Gasteiger partial charge is 0.347 e. The van der Waals surface area contributed by atoms with Crippen LogP contribution in [0.3, 0.4) is 0 Å². The fourth-order valence-corrected chi connectivity index (χ4v) is 3.13. The lowest BCUT2D eigenvalue weighted by atomic mass is 10.2. The van der Waals surface area contributed by atoms with Crippen LogP contribution in [0.4, 0.5) is 17.6 Å². The fourth-order valence-electron chi connectivity index (χ4n) is 2.03. The highest BCUT2D eigenvalue weighted by Gasteiger charge is 2.34. The third-order valence-electron chi connectivity index (χ3n) is 3.48. The van der Waals surface area contributed by atoms with Gasteiger partial charge in [0.05, 0.1) is 5.92 Å². The number of rotatable bonds is 5. The number of hydrogen-bond donors (Lipinski definition) is 1. The van der Waals surface area contributed by atoms with Crippen LogP contribution >= 0.6 is 22.6 Å². The van der Waals surface area contributed by atoms with Crippen molar-refractivity contribution in [2.75, 3.05) is 0 Å². The fraction of sp³-hybridized carbons (Fsp3) is 0.176. The van der Waals surface area contributed by atoms with Gasteiger partial charge in [-0.15, -0.1) is 0 Å². The summed E-state index contributed by atoms with van der Waals surface area (Å²) in [5, 5.41) is 0. The Morgan fingerprint density at radius 1 is 1.00 bits per heavy atom. The quantitative estimate of drug-likeness (QED) is 0.147. The molecule has 2 rings (SSSR count). The standard InChI is InChI=1S/C17H11F4IO7S/c1-6(2)16(23)28-9-5-7(22)3-4-8(9)17(24)29-14-10(18)12(20)15(30(25,26)27)13(21)11(14)19/h3-6H,1-2H3,(H,25,26,27). The number of carbonyl (C=O) groups excluding carboxylic acids is 2. The SMILES string of the molecule is CC(C)C(=O)Oc1cc(I)ccc1C(=O)Oc1c(F)c(F)c(S(=O)(=O)O)c(F)c1F. The van der Waals surface area contributed by atoms with Gasteiger partial charge in [0.1, 0.15) is 11.3 Å². The van der Waals surface area contributed by atoms with E-state index in [1.54, 1.807) is 0 Å². The molecule has 0 spiro atoms. The lowest BCUT2D eigenvalue weighted by Gasteiger charge is -2.13. The molecule has 0 radical (unpaired) electrons. The average Bonchev–Trinajstić information content (AvgIpc) is 2.62. The Bertz CT molecular complexity index is 1120. The molecule has 0 atom stereocenters. The van der Waals surface area contributed by atoms with Crippen molar-refractivity contribution in [1.82, 2.24) is 0 Å². The van der Waals surface area contributed by atoms with E-state index in [-0.39, 0.29) is 5.75 Å². The van der Waals surface area contributed by atoms with Crippen LogP contribution in [0.1, 0.15) is 24.2 Å². The highest BCUT2D eigenvalue weighted by molar-refractivity contribution is 14.1. The summed E-state index contributed by atoms with van der Waals surface area (Å²) in [7, 11) is -5.67. The predicted octanol–water partition coefficient (Wildman–Crippen LogP) is 3.87. The Hall–Kier alpha value is -2.26. The molecule has 0 aliphatic carbocycles. The summed E-state index contributed by atoms with van der Waals surface area (Å²) < 4.78 is 96.4. The molecular formula is C17H11F4IO7S. The Morgan fingerprint density at radius 2 is 1.53 bits per heavy atom. The first-order valence-electron chi connectivity index (χ1n) is 7.82. The van der Waals surface area contributed by atoms with E-state index in [0.717, 1.165) is 6.07 Å². The molecule has 30 heavy (non-hydrogen) atoms. The van der Waals surface area contributed by atoms with E-state index in [0.29, 0.717) is 3.57 Å². The first-order chi connectivity index (χ1) is 13.8. The van der Waals surface area contributed by atoms with Crippen LogP contribution in [-0.4, -0.2) is 24.9 Å². The van der Waals surface area contributed by atoms with Gasteiger partial charge in [-0.1, -0.05) is 13.8 Å². The van der Waals surface area contributed by atoms with Crippen molar-refractivity contribution in [3.05, 3.63) is 50.6 Å². The van der Waals surface area contributed by atoms with Gasteiger partial charge in [0.25, 0.3) is 0 Å². The van der Waals surface area contributed by atoms with Crippen LogP contribution in [0.15, 0.2) is 23.1 Å². The van der Waals surface area contributed by atoms with E-state index >= 15 is 0 Å². The summed E-state index contributed by atoms with van der Waals surface area (Å²) in [4.78, 5) is 21.9. The minimum Gasteiger partial charge on any atom is -0.425 e. The molecule has 13 heteroatoms. The van der Waals surface area contributed by atoms with Crippen molar-refractivity contribution in [2.24, 2.45) is 5.92 Å². The van der Waals surface area contributed by atoms with Gasteiger partial charge in [-0.05, 0) is 40.8 Å². The van der Waals surface area contributed by atoms with Gasteiger partial charge in [0, 0.05) is 3.57 Å². The third-order valence-corrected chi connectivity index (χ3v) is 5.03. The molecule has 1 N–H and O–H groups in total. The molecule has 0 saturated heterocycles. The van der Waals surface area contributed by atoms with Gasteiger partial charge >= 0.3 is 22.1 Å². The summed E-state index contributed by atoms with van der Waals surface area (Å²) in [6.45, 7) is 3.00. The summed E-state index contributed by atoms with van der Waals surface area (Å²) in [6, 6.07) is 3.65. The van der Waals surface area contributed by atoms with E-state index in [2.05, 4.69) is 4.74 Å². The van der Waals surface area contributed by atoms with Gasteiger partial charge in [0.15, 0.2) is 16.5 Å². The van der Waals surface area contributed by atoms with E-state index < -0.39 is 67.5 Å². The maximum absolute atomic E-state index is 14.1. The second-order valence-electron chi connectivity index (χ2n) is 6.00. The summed E-state index contributed by atoms with van der Waals surface area (Å²) >= 11 is 1.82. The summed E-state index contributed by atoms with van der Waals surface area (Å²) in [6.07, 6.45) is 0. The lowest BCUT2D eigenvalue weighted by Crippen LogP contribution is -2.19. The maximum Gasteiger partial charge on any atom is 0.347 e. The number of carbonyl (C=O) groups is 2. The highest BCUT2D eigenvalue weighted by atomic mass is 127. The summed E-state index contributed by atoms with van der Waals surface area (Å²) in [5.41, 5.74) is -0.511. The van der Waals surface area contributed by atoms with Crippen LogP contribution in [0.5, 0.6) is 11.5 Å². The Kier molecular flexibility index (Phi) is 7.08. The zero-order valence-corrected chi connectivity index (χ0v) is 18.0. The van der Waals surface area contributed by atoms with Crippen molar-refractivity contribution in [3.63, 3.8) is 0 Å². The molecule has 7 nitrogen and oxygen atoms in total. The molecule has 0 heterocycles. The largest absolute Gasteiger partial charge is 0.425 e. The van der Waals surface area contributed by atoms with E-state index in [1.165, 1.54) is 26.0 Å². The monoisotopic (exact) mass is 562 g/mol. The van der Waals surface area contributed by atoms with Crippen LogP contribution in [0, 0.1) is 32.8 Å². The maximum atomic E-state index is 14.1. The molecule has 0 unspecified atom stereocenters. The van der Waals surface area contributed by atoms with Crippen LogP contribution in [0.2, 0.25) is 0 Å². The number of ether oxygens (including phenoxy) is 2. The van der Waals surface area contributed by atoms with Crippen molar-refractivity contribution < 1.29 is 49.6 Å². The number of hydrogen-bond acceptors (Lipinski definition) is 6. The predicted molar refractivity (Wildman–Crippen MR) is 101 cm³/mol. The van der Waals surface area contributed by atoms with Gasteiger partial charge in [0.2, 0.25) is 17.4 Å². The molecule has 0 saturated carbocycles. The minimum absolute atomic E-state index is 0.345. The highest BCUT2D eigenvalue weighted by Crippen LogP contribution is 2.33. The zero-order chi connectivity index (χ0) is 23.0. The number of esters is 2. The Morgan fingerprint density at radius 3 is 2.00 bits per heavy atom. The topological polar surface area (TPSA) is 107 Å². The molecule has 162 valence electrons. The summed E-state index contributed by atoms with van der Waals surface area (Å²) in [5.74, 6) is -14.9. The second-order valence-corrected chi connectivity index (χ2v) is 8.60. The first kappa shape index (κ1) is 24.0. The van der Waals surface area contributed by atoms with Gasteiger partial charge in [-0.3, -0.25) is 9.35 Å². The Balaban J connectivity index is 2.53. The van der Waals surface area contributed by atoms with Crippen molar-refractivity contribution >= 4 is 44.6 Å². The van der Waals surface area contributed by atoms with E-state index in [1.807, 2.05) is 22.6 Å². The normalized spacial score (nSPS) is 11.5. The van der Waals surface area contributed by atoms with Gasteiger partial charge in [-0.2, -0.15) is 17.2 Å². The molecule has 0 aromatic heterocycles. The molecule has 0 bridgehead atoms. The second kappa shape index (κ2) is 8.85. The van der Waals surface area contributed by atoms with Crippen molar-refractivity contribution in [1.29, 1.82) is 0 Å². The first-order valence-corrected chi connectivity index (χ1v) is 10.3. The van der Waals surface area contributed by atoms with Crippen molar-refractivity contribution in [2.45, 2.75) is 18.7 Å². The molecule has 2 aromatic rings. The molecular weight excluding hydrogens is 551 g/mol. The number of halogens is 5. The van der Waals surface area contributed by atoms with E-state index in [4.69, 9.17) is 9.29 Å². The zero-order valence-electron chi connectivity index (χ0n) is 15.0. The number of benzene rings is 2. The third kappa shape index (κ3) is 4.89. The van der Waals surface area contributed by atoms with E-state index in [9.17, 15) is 35.6 Å². The molecule has 0 aliphatic heterocycles. The van der Waals surface area contributed by atoms with Gasteiger partial charge < -0.3 is 9.47 Å². The molecule has 2 aromatic carbocycles.